The number of benzene rings is 1. The minimum atomic E-state index is -2.59. The van der Waals surface area contributed by atoms with Crippen molar-refractivity contribution in [3.63, 3.8) is 0 Å². The number of rotatable bonds is 0. The minimum Gasteiger partial charge on any atom is -0.203 e. The molecular formula is C7BrCl3F4. The summed E-state index contributed by atoms with van der Waals surface area (Å²) >= 11 is 17.8. The average Bonchev–Trinajstić information content (AvgIpc) is 2.09. The Hall–Kier alpha value is 0.290. The summed E-state index contributed by atoms with van der Waals surface area (Å²) in [6, 6.07) is 0. The van der Waals surface area contributed by atoms with E-state index >= 15 is 0 Å². The smallest absolute Gasteiger partial charge is 0.203 e. The van der Waals surface area contributed by atoms with Crippen molar-refractivity contribution in [2.45, 2.75) is 3.79 Å². The van der Waals surface area contributed by atoms with Crippen molar-refractivity contribution >= 4 is 50.7 Å². The molecule has 0 aromatic heterocycles. The minimum absolute atomic E-state index is 0.990. The molecule has 0 saturated heterocycles. The Morgan fingerprint density at radius 1 is 0.800 bits per heavy atom. The Kier molecular flexibility index (Phi) is 3.81. The normalized spacial score (nSPS) is 12.0. The van der Waals surface area contributed by atoms with Gasteiger partial charge in [-0.3, -0.25) is 0 Å². The molecule has 1 aromatic rings. The molecule has 1 aromatic carbocycles. The molecule has 0 fully saturated rings. The second kappa shape index (κ2) is 4.28. The zero-order chi connectivity index (χ0) is 12.0. The summed E-state index contributed by atoms with van der Waals surface area (Å²) in [5, 5.41) is 0. The first kappa shape index (κ1) is 13.4. The molecule has 0 heterocycles. The van der Waals surface area contributed by atoms with E-state index in [2.05, 4.69) is 15.9 Å². The Labute approximate surface area is 105 Å². The first-order valence-corrected chi connectivity index (χ1v) is 5.19. The molecule has 0 radical (unpaired) electrons. The maximum atomic E-state index is 13.1. The Morgan fingerprint density at radius 3 is 1.40 bits per heavy atom. The quantitative estimate of drug-likeness (QED) is 0.273. The first-order valence-electron chi connectivity index (χ1n) is 3.26. The maximum Gasteiger partial charge on any atom is 0.221 e. The lowest BCUT2D eigenvalue weighted by Gasteiger charge is -2.15. The van der Waals surface area contributed by atoms with Gasteiger partial charge in [-0.15, -0.1) is 0 Å². The van der Waals surface area contributed by atoms with Gasteiger partial charge in [-0.05, 0) is 15.9 Å². The van der Waals surface area contributed by atoms with Gasteiger partial charge < -0.3 is 0 Å². The standard InChI is InChI=1S/C7BrCl3F4/c8-2-5(14)3(12)1(7(9,10)11)4(13)6(2)15. The van der Waals surface area contributed by atoms with E-state index in [-0.39, 0.29) is 0 Å². The van der Waals surface area contributed by atoms with Crippen LogP contribution in [0, 0.1) is 23.3 Å². The van der Waals surface area contributed by atoms with Gasteiger partial charge >= 0.3 is 0 Å². The van der Waals surface area contributed by atoms with Crippen LogP contribution in [0.15, 0.2) is 4.47 Å². The van der Waals surface area contributed by atoms with Gasteiger partial charge in [-0.25, -0.2) is 17.6 Å². The topological polar surface area (TPSA) is 0 Å². The molecule has 0 bridgehead atoms. The van der Waals surface area contributed by atoms with Gasteiger partial charge in [0.25, 0.3) is 0 Å². The molecule has 0 spiro atoms. The summed E-state index contributed by atoms with van der Waals surface area (Å²) in [7, 11) is 0. The molecule has 0 nitrogen and oxygen atoms in total. The van der Waals surface area contributed by atoms with Gasteiger partial charge in [0, 0.05) is 0 Å². The molecule has 15 heavy (non-hydrogen) atoms. The lowest BCUT2D eigenvalue weighted by Crippen LogP contribution is -2.12. The number of hydrogen-bond donors (Lipinski definition) is 0. The highest BCUT2D eigenvalue weighted by molar-refractivity contribution is 9.10. The van der Waals surface area contributed by atoms with E-state index in [9.17, 15) is 17.6 Å². The van der Waals surface area contributed by atoms with E-state index in [1.165, 1.54) is 0 Å². The van der Waals surface area contributed by atoms with Crippen LogP contribution in [-0.2, 0) is 3.79 Å². The van der Waals surface area contributed by atoms with Gasteiger partial charge in [-0.2, -0.15) is 0 Å². The SMILES string of the molecule is Fc1c(F)c(C(Cl)(Cl)Cl)c(F)c(F)c1Br. The second-order valence-corrected chi connectivity index (χ2v) is 5.52. The summed E-state index contributed by atoms with van der Waals surface area (Å²) < 4.78 is 48.6. The van der Waals surface area contributed by atoms with Crippen LogP contribution in [0.25, 0.3) is 0 Å². The Balaban J connectivity index is 3.68. The van der Waals surface area contributed by atoms with Gasteiger partial charge in [-0.1, -0.05) is 34.8 Å². The monoisotopic (exact) mass is 344 g/mol. The largest absolute Gasteiger partial charge is 0.221 e. The third kappa shape index (κ3) is 2.35. The first-order chi connectivity index (χ1) is 6.68. The average molecular weight is 346 g/mol. The fourth-order valence-electron chi connectivity index (χ4n) is 0.854. The summed E-state index contributed by atoms with van der Waals surface area (Å²) in [6.07, 6.45) is 0. The number of halogens is 8. The molecule has 8 heteroatoms. The molecular weight excluding hydrogens is 346 g/mol. The fourth-order valence-corrected chi connectivity index (χ4v) is 1.70. The van der Waals surface area contributed by atoms with Crippen molar-refractivity contribution in [1.29, 1.82) is 0 Å². The molecule has 0 aliphatic rings. The third-order valence-electron chi connectivity index (χ3n) is 1.49. The molecule has 0 aliphatic heterocycles. The van der Waals surface area contributed by atoms with Crippen molar-refractivity contribution < 1.29 is 17.6 Å². The van der Waals surface area contributed by atoms with Crippen molar-refractivity contribution in [3.05, 3.63) is 33.3 Å². The van der Waals surface area contributed by atoms with Crippen LogP contribution >= 0.6 is 50.7 Å². The van der Waals surface area contributed by atoms with E-state index < -0.39 is 37.1 Å². The van der Waals surface area contributed by atoms with E-state index in [1.807, 2.05) is 0 Å². The summed E-state index contributed by atoms with van der Waals surface area (Å²) in [4.78, 5) is 0. The molecule has 0 amide bonds. The van der Waals surface area contributed by atoms with Crippen molar-refractivity contribution in [2.24, 2.45) is 0 Å². The Morgan fingerprint density at radius 2 is 1.13 bits per heavy atom. The van der Waals surface area contributed by atoms with Gasteiger partial charge in [0.15, 0.2) is 23.3 Å². The Bertz CT molecular complexity index is 387. The predicted octanol–water partition coefficient (Wildman–Crippen LogP) is 4.83. The molecule has 1 rings (SSSR count). The summed E-state index contributed by atoms with van der Waals surface area (Å²) in [5.41, 5.74) is -1.29. The second-order valence-electron chi connectivity index (χ2n) is 2.44. The van der Waals surface area contributed by atoms with Crippen molar-refractivity contribution in [2.75, 3.05) is 0 Å². The number of alkyl halides is 3. The third-order valence-corrected chi connectivity index (χ3v) is 2.76. The molecule has 0 saturated carbocycles. The number of hydrogen-bond acceptors (Lipinski definition) is 0. The van der Waals surface area contributed by atoms with Crippen LogP contribution in [0.3, 0.4) is 0 Å². The van der Waals surface area contributed by atoms with Crippen LogP contribution in [0.4, 0.5) is 17.6 Å². The van der Waals surface area contributed by atoms with E-state index in [0.29, 0.717) is 0 Å². The van der Waals surface area contributed by atoms with Crippen LogP contribution in [0.2, 0.25) is 0 Å². The van der Waals surface area contributed by atoms with Gasteiger partial charge in [0.05, 0.1) is 10.0 Å². The fraction of sp³-hybridized carbons (Fsp3) is 0.143. The highest BCUT2D eigenvalue weighted by Gasteiger charge is 2.36. The van der Waals surface area contributed by atoms with E-state index in [4.69, 9.17) is 34.8 Å². The lowest BCUT2D eigenvalue weighted by molar-refractivity contribution is 0.434. The zero-order valence-electron chi connectivity index (χ0n) is 6.52. The van der Waals surface area contributed by atoms with Crippen LogP contribution in [-0.4, -0.2) is 0 Å². The highest BCUT2D eigenvalue weighted by Crippen LogP contribution is 2.43. The molecule has 0 unspecified atom stereocenters. The zero-order valence-corrected chi connectivity index (χ0v) is 10.4. The maximum absolute atomic E-state index is 13.1. The summed E-state index contributed by atoms with van der Waals surface area (Å²) in [6.45, 7) is 0. The van der Waals surface area contributed by atoms with Gasteiger partial charge in [0.1, 0.15) is 0 Å². The van der Waals surface area contributed by atoms with Crippen molar-refractivity contribution in [1.82, 2.24) is 0 Å². The van der Waals surface area contributed by atoms with Crippen LogP contribution in [0.1, 0.15) is 5.56 Å². The van der Waals surface area contributed by atoms with Gasteiger partial charge in [0.2, 0.25) is 3.79 Å². The highest BCUT2D eigenvalue weighted by atomic mass is 79.9. The summed E-state index contributed by atoms with van der Waals surface area (Å²) in [5.74, 6) is -6.81. The van der Waals surface area contributed by atoms with E-state index in [0.717, 1.165) is 0 Å². The van der Waals surface area contributed by atoms with E-state index in [1.54, 1.807) is 0 Å². The van der Waals surface area contributed by atoms with Crippen molar-refractivity contribution in [3.8, 4) is 0 Å². The molecule has 0 N–H and O–H groups in total. The lowest BCUT2D eigenvalue weighted by atomic mass is 10.2. The predicted molar refractivity (Wildman–Crippen MR) is 53.2 cm³/mol. The molecule has 0 atom stereocenters. The van der Waals surface area contributed by atoms with Crippen LogP contribution < -0.4 is 0 Å². The molecule has 84 valence electrons. The van der Waals surface area contributed by atoms with Crippen LogP contribution in [0.5, 0.6) is 0 Å². The molecule has 0 aliphatic carbocycles.